The first-order valence-electron chi connectivity index (χ1n) is 5.43. The summed E-state index contributed by atoms with van der Waals surface area (Å²) in [5, 5.41) is 12.0. The van der Waals surface area contributed by atoms with Crippen LogP contribution in [0.1, 0.15) is 6.42 Å². The Bertz CT molecular complexity index is 335. The zero-order valence-corrected chi connectivity index (χ0v) is 10.7. The molecule has 0 saturated carbocycles. The topological polar surface area (TPSA) is 98.6 Å². The van der Waals surface area contributed by atoms with Crippen LogP contribution in [0.25, 0.3) is 0 Å². The predicted molar refractivity (Wildman–Crippen MR) is 63.9 cm³/mol. The second kappa shape index (κ2) is 7.62. The van der Waals surface area contributed by atoms with Crippen LogP contribution in [0.5, 0.6) is 12.0 Å². The fourth-order valence-corrected chi connectivity index (χ4v) is 1.32. The van der Waals surface area contributed by atoms with Gasteiger partial charge in [0.05, 0.1) is 26.9 Å². The highest BCUT2D eigenvalue weighted by Crippen LogP contribution is 2.13. The first-order valence-corrected chi connectivity index (χ1v) is 5.43. The summed E-state index contributed by atoms with van der Waals surface area (Å²) in [4.78, 5) is 11.9. The second-order valence-electron chi connectivity index (χ2n) is 3.44. The first kappa shape index (κ1) is 14.4. The van der Waals surface area contributed by atoms with Gasteiger partial charge in [-0.1, -0.05) is 0 Å². The van der Waals surface area contributed by atoms with Gasteiger partial charge in [0.1, 0.15) is 0 Å². The minimum atomic E-state index is -0.100. The number of hydrogen-bond donors (Lipinski definition) is 2. The third kappa shape index (κ3) is 4.30. The summed E-state index contributed by atoms with van der Waals surface area (Å²) in [7, 11) is 4.50. The molecule has 1 rings (SSSR count). The van der Waals surface area contributed by atoms with E-state index in [1.165, 1.54) is 14.2 Å². The Labute approximate surface area is 105 Å². The molecule has 8 nitrogen and oxygen atoms in total. The van der Waals surface area contributed by atoms with Gasteiger partial charge < -0.3 is 24.6 Å². The molecule has 0 bridgehead atoms. The number of nitrogens with one attached hydrogen (secondary N) is 1. The molecule has 1 aromatic heterocycles. The lowest BCUT2D eigenvalue weighted by Crippen LogP contribution is -2.27. The van der Waals surface area contributed by atoms with Gasteiger partial charge in [-0.15, -0.1) is 4.98 Å². The third-order valence-electron chi connectivity index (χ3n) is 2.14. The Morgan fingerprint density at radius 1 is 1.11 bits per heavy atom. The van der Waals surface area contributed by atoms with Crippen molar-refractivity contribution in [3.8, 4) is 12.0 Å². The average molecular weight is 258 g/mol. The third-order valence-corrected chi connectivity index (χ3v) is 2.14. The smallest absolute Gasteiger partial charge is 0.324 e. The fraction of sp³-hybridized carbons (Fsp3) is 0.700. The Morgan fingerprint density at radius 3 is 2.17 bits per heavy atom. The number of hydrogen-bond acceptors (Lipinski definition) is 8. The summed E-state index contributed by atoms with van der Waals surface area (Å²) in [6, 6.07) is 0.214. The van der Waals surface area contributed by atoms with Gasteiger partial charge in [0.15, 0.2) is 0 Å². The van der Waals surface area contributed by atoms with Crippen LogP contribution in [0.3, 0.4) is 0 Å². The normalized spacial score (nSPS) is 12.0. The van der Waals surface area contributed by atoms with Crippen molar-refractivity contribution in [1.29, 1.82) is 0 Å². The molecule has 1 heterocycles. The van der Waals surface area contributed by atoms with Gasteiger partial charge in [0, 0.05) is 13.7 Å². The van der Waals surface area contributed by atoms with Crippen molar-refractivity contribution in [2.24, 2.45) is 0 Å². The van der Waals surface area contributed by atoms with E-state index in [0.29, 0.717) is 19.0 Å². The van der Waals surface area contributed by atoms with E-state index < -0.39 is 0 Å². The van der Waals surface area contributed by atoms with Gasteiger partial charge >= 0.3 is 12.0 Å². The number of ether oxygens (including phenoxy) is 3. The molecule has 102 valence electrons. The zero-order chi connectivity index (χ0) is 13.4. The van der Waals surface area contributed by atoms with E-state index in [2.05, 4.69) is 20.3 Å². The summed E-state index contributed by atoms with van der Waals surface area (Å²) in [6.45, 7) is 0.469. The highest BCUT2D eigenvalue weighted by Gasteiger charge is 2.12. The van der Waals surface area contributed by atoms with Crippen LogP contribution in [0.2, 0.25) is 0 Å². The Kier molecular flexibility index (Phi) is 6.09. The number of rotatable bonds is 8. The van der Waals surface area contributed by atoms with Gasteiger partial charge in [-0.2, -0.15) is 9.97 Å². The second-order valence-corrected chi connectivity index (χ2v) is 3.44. The summed E-state index contributed by atoms with van der Waals surface area (Å²) in [5.41, 5.74) is 0. The maximum absolute atomic E-state index is 8.94. The van der Waals surface area contributed by atoms with E-state index >= 15 is 0 Å². The lowest BCUT2D eigenvalue weighted by molar-refractivity contribution is 0.170. The van der Waals surface area contributed by atoms with Crippen LogP contribution in [-0.4, -0.2) is 60.6 Å². The summed E-state index contributed by atoms with van der Waals surface area (Å²) >= 11 is 0. The van der Waals surface area contributed by atoms with Crippen molar-refractivity contribution in [2.75, 3.05) is 39.9 Å². The standard InChI is InChI=1S/C10H18N4O4/c1-16-6-7(4-5-15)11-8-12-9(17-2)14-10(13-8)18-3/h7,15H,4-6H2,1-3H3,(H,11,12,13,14). The van der Waals surface area contributed by atoms with Crippen LogP contribution in [-0.2, 0) is 4.74 Å². The van der Waals surface area contributed by atoms with Crippen LogP contribution in [0.4, 0.5) is 5.95 Å². The highest BCUT2D eigenvalue weighted by atomic mass is 16.5. The molecule has 1 unspecified atom stereocenters. The number of nitrogens with zero attached hydrogens (tertiary/aromatic N) is 3. The molecule has 1 aromatic rings. The van der Waals surface area contributed by atoms with Crippen LogP contribution < -0.4 is 14.8 Å². The van der Waals surface area contributed by atoms with Crippen molar-refractivity contribution in [3.63, 3.8) is 0 Å². The van der Waals surface area contributed by atoms with Crippen molar-refractivity contribution in [3.05, 3.63) is 0 Å². The number of aliphatic hydroxyl groups is 1. The monoisotopic (exact) mass is 258 g/mol. The lowest BCUT2D eigenvalue weighted by Gasteiger charge is -2.16. The van der Waals surface area contributed by atoms with Gasteiger partial charge in [-0.05, 0) is 6.42 Å². The number of aliphatic hydroxyl groups excluding tert-OH is 1. The fourth-order valence-electron chi connectivity index (χ4n) is 1.32. The molecule has 0 saturated heterocycles. The molecule has 0 fully saturated rings. The molecule has 1 atom stereocenters. The van der Waals surface area contributed by atoms with Crippen molar-refractivity contribution in [1.82, 2.24) is 15.0 Å². The molecular weight excluding hydrogens is 240 g/mol. The molecule has 18 heavy (non-hydrogen) atoms. The van der Waals surface area contributed by atoms with Crippen molar-refractivity contribution < 1.29 is 19.3 Å². The van der Waals surface area contributed by atoms with E-state index in [1.807, 2.05) is 0 Å². The van der Waals surface area contributed by atoms with Gasteiger partial charge in [0.2, 0.25) is 5.95 Å². The number of methoxy groups -OCH3 is 3. The van der Waals surface area contributed by atoms with Gasteiger partial charge in [-0.3, -0.25) is 0 Å². The molecule has 0 amide bonds. The van der Waals surface area contributed by atoms with Crippen LogP contribution >= 0.6 is 0 Å². The van der Waals surface area contributed by atoms with Crippen LogP contribution in [0.15, 0.2) is 0 Å². The van der Waals surface area contributed by atoms with E-state index in [1.54, 1.807) is 7.11 Å². The number of aromatic nitrogens is 3. The zero-order valence-electron chi connectivity index (χ0n) is 10.7. The highest BCUT2D eigenvalue weighted by molar-refractivity contribution is 5.29. The molecule has 0 radical (unpaired) electrons. The Morgan fingerprint density at radius 2 is 1.72 bits per heavy atom. The Hall–Kier alpha value is -1.67. The maximum atomic E-state index is 8.94. The largest absolute Gasteiger partial charge is 0.467 e. The van der Waals surface area contributed by atoms with E-state index in [9.17, 15) is 0 Å². The van der Waals surface area contributed by atoms with E-state index in [0.717, 1.165) is 0 Å². The van der Waals surface area contributed by atoms with Crippen molar-refractivity contribution >= 4 is 5.95 Å². The van der Waals surface area contributed by atoms with Gasteiger partial charge in [0.25, 0.3) is 0 Å². The minimum Gasteiger partial charge on any atom is -0.467 e. The average Bonchev–Trinajstić information content (AvgIpc) is 2.38. The maximum Gasteiger partial charge on any atom is 0.324 e. The molecule has 0 spiro atoms. The number of anilines is 1. The summed E-state index contributed by atoms with van der Waals surface area (Å²) < 4.78 is 14.9. The lowest BCUT2D eigenvalue weighted by atomic mass is 10.2. The molecular formula is C10H18N4O4. The van der Waals surface area contributed by atoms with E-state index in [4.69, 9.17) is 19.3 Å². The van der Waals surface area contributed by atoms with Crippen molar-refractivity contribution in [2.45, 2.75) is 12.5 Å². The summed E-state index contributed by atoms with van der Waals surface area (Å²) in [5.74, 6) is 0.314. The molecule has 2 N–H and O–H groups in total. The summed E-state index contributed by atoms with van der Waals surface area (Å²) in [6.07, 6.45) is 0.518. The molecule has 8 heteroatoms. The minimum absolute atomic E-state index is 0.0420. The molecule has 0 aromatic carbocycles. The Balaban J connectivity index is 2.80. The molecule has 0 aliphatic carbocycles. The molecule has 0 aliphatic heterocycles. The van der Waals surface area contributed by atoms with Gasteiger partial charge in [-0.25, -0.2) is 0 Å². The molecule has 0 aliphatic rings. The SMILES string of the molecule is COCC(CCO)Nc1nc(OC)nc(OC)n1. The van der Waals surface area contributed by atoms with E-state index in [-0.39, 0.29) is 24.7 Å². The quantitative estimate of drug-likeness (QED) is 0.655. The predicted octanol–water partition coefficient (Wildman–Crippen LogP) is -0.302. The van der Waals surface area contributed by atoms with Crippen LogP contribution in [0, 0.1) is 0 Å². The first-order chi connectivity index (χ1) is 8.73.